The molecular formula is C15H21F2N. The summed E-state index contributed by atoms with van der Waals surface area (Å²) in [7, 11) is 2.06. The molecule has 0 aliphatic carbocycles. The van der Waals surface area contributed by atoms with Crippen LogP contribution in [0.1, 0.15) is 38.2 Å². The molecule has 18 heavy (non-hydrogen) atoms. The molecule has 1 aromatic carbocycles. The summed E-state index contributed by atoms with van der Waals surface area (Å²) >= 11 is 0. The lowest BCUT2D eigenvalue weighted by Gasteiger charge is -2.35. The zero-order valence-corrected chi connectivity index (χ0v) is 11.2. The summed E-state index contributed by atoms with van der Waals surface area (Å²) < 4.78 is 27.5. The fourth-order valence-corrected chi connectivity index (χ4v) is 3.12. The molecule has 1 heterocycles. The fraction of sp³-hybridized carbons (Fsp3) is 0.600. The van der Waals surface area contributed by atoms with Gasteiger partial charge in [-0.2, -0.15) is 0 Å². The van der Waals surface area contributed by atoms with Crippen LogP contribution in [0.4, 0.5) is 8.78 Å². The van der Waals surface area contributed by atoms with Crippen LogP contribution in [0, 0.1) is 11.6 Å². The normalized spacial score (nSPS) is 26.0. The van der Waals surface area contributed by atoms with E-state index in [1.807, 2.05) is 0 Å². The highest BCUT2D eigenvalue weighted by Crippen LogP contribution is 2.37. The Morgan fingerprint density at radius 2 is 2.06 bits per heavy atom. The lowest BCUT2D eigenvalue weighted by atomic mass is 9.74. The highest BCUT2D eigenvalue weighted by molar-refractivity contribution is 5.29. The molecule has 1 fully saturated rings. The molecule has 3 heteroatoms. The second kappa shape index (κ2) is 5.35. The largest absolute Gasteiger partial charge is 0.305 e. The van der Waals surface area contributed by atoms with E-state index >= 15 is 0 Å². The molecule has 1 saturated heterocycles. The smallest absolute Gasteiger partial charge is 0.127 e. The van der Waals surface area contributed by atoms with E-state index in [9.17, 15) is 8.78 Å². The first kappa shape index (κ1) is 13.5. The number of hydrogen-bond acceptors (Lipinski definition) is 1. The van der Waals surface area contributed by atoms with Crippen LogP contribution in [-0.2, 0) is 5.41 Å². The molecule has 0 saturated carbocycles. The van der Waals surface area contributed by atoms with E-state index in [-0.39, 0.29) is 17.0 Å². The van der Waals surface area contributed by atoms with E-state index in [1.165, 1.54) is 18.2 Å². The first-order valence-corrected chi connectivity index (χ1v) is 6.71. The van der Waals surface area contributed by atoms with E-state index in [2.05, 4.69) is 18.9 Å². The lowest BCUT2D eigenvalue weighted by molar-refractivity contribution is 0.250. The van der Waals surface area contributed by atoms with Crippen molar-refractivity contribution in [3.63, 3.8) is 0 Å². The SMILES string of the molecule is CCC1(c2cc(F)ccc2[18F])CCCCN(C)C1. The molecule has 0 aromatic heterocycles. The van der Waals surface area contributed by atoms with Gasteiger partial charge >= 0.3 is 0 Å². The van der Waals surface area contributed by atoms with Gasteiger partial charge in [0.1, 0.15) is 11.6 Å². The van der Waals surface area contributed by atoms with E-state index in [0.29, 0.717) is 5.56 Å². The number of rotatable bonds is 2. The van der Waals surface area contributed by atoms with Crippen molar-refractivity contribution >= 4 is 0 Å². The van der Waals surface area contributed by atoms with Crippen molar-refractivity contribution in [1.29, 1.82) is 0 Å². The van der Waals surface area contributed by atoms with Crippen LogP contribution in [0.15, 0.2) is 18.2 Å². The summed E-state index contributed by atoms with van der Waals surface area (Å²) in [5.41, 5.74) is 0.316. The zero-order valence-electron chi connectivity index (χ0n) is 11.2. The van der Waals surface area contributed by atoms with Gasteiger partial charge < -0.3 is 4.90 Å². The molecule has 0 N–H and O–H groups in total. The summed E-state index contributed by atoms with van der Waals surface area (Å²) in [6, 6.07) is 3.84. The Morgan fingerprint density at radius 1 is 1.28 bits per heavy atom. The minimum Gasteiger partial charge on any atom is -0.305 e. The van der Waals surface area contributed by atoms with Gasteiger partial charge in [-0.3, -0.25) is 0 Å². The number of halogens is 2. The van der Waals surface area contributed by atoms with Crippen LogP contribution >= 0.6 is 0 Å². The Hall–Kier alpha value is -0.960. The van der Waals surface area contributed by atoms with Crippen LogP contribution in [0.2, 0.25) is 0 Å². The minimum absolute atomic E-state index is 0.239. The standard InChI is InChI=1S/C15H21F2N/c1-3-15(8-4-5-9-18(2)11-15)13-10-12(16)6-7-14(13)17/h6-7,10H,3-5,8-9,11H2,1-2H3/i17-1. The molecule has 0 radical (unpaired) electrons. The van der Waals surface area contributed by atoms with Gasteiger partial charge in [0.15, 0.2) is 0 Å². The number of benzene rings is 1. The number of nitrogens with zero attached hydrogens (tertiary/aromatic N) is 1. The van der Waals surface area contributed by atoms with Crippen LogP contribution in [0.25, 0.3) is 0 Å². The Balaban J connectivity index is 2.44. The van der Waals surface area contributed by atoms with E-state index in [0.717, 1.165) is 38.8 Å². The predicted octanol–water partition coefficient (Wildman–Crippen LogP) is 3.73. The third-order valence-electron chi connectivity index (χ3n) is 4.19. The number of hydrogen-bond donors (Lipinski definition) is 0. The molecule has 0 spiro atoms. The van der Waals surface area contributed by atoms with Gasteiger partial charge in [-0.1, -0.05) is 13.3 Å². The van der Waals surface area contributed by atoms with Gasteiger partial charge in [0.05, 0.1) is 0 Å². The third kappa shape index (κ3) is 2.56. The quantitative estimate of drug-likeness (QED) is 0.775. The Kier molecular flexibility index (Phi) is 4.00. The summed E-state index contributed by atoms with van der Waals surface area (Å²) in [5, 5.41) is 0. The molecule has 0 amide bonds. The molecule has 1 nitrogen and oxygen atoms in total. The van der Waals surface area contributed by atoms with Crippen molar-refractivity contribution in [3.05, 3.63) is 35.4 Å². The monoisotopic (exact) mass is 252 g/mol. The highest BCUT2D eigenvalue weighted by atomic mass is 19.1. The summed E-state index contributed by atoms with van der Waals surface area (Å²) in [5.74, 6) is -0.611. The summed E-state index contributed by atoms with van der Waals surface area (Å²) in [6.45, 7) is 3.92. The molecule has 1 aliphatic rings. The molecule has 1 unspecified atom stereocenters. The van der Waals surface area contributed by atoms with Crippen LogP contribution < -0.4 is 0 Å². The molecule has 0 bridgehead atoms. The van der Waals surface area contributed by atoms with Gasteiger partial charge in [-0.15, -0.1) is 0 Å². The van der Waals surface area contributed by atoms with Gasteiger partial charge in [0.25, 0.3) is 0 Å². The van der Waals surface area contributed by atoms with Crippen LogP contribution in [-0.4, -0.2) is 25.0 Å². The van der Waals surface area contributed by atoms with Gasteiger partial charge in [0.2, 0.25) is 0 Å². The number of likely N-dealkylation sites (tertiary alicyclic amines) is 1. The molecular weight excluding hydrogens is 231 g/mol. The Labute approximate surface area is 108 Å². The molecule has 100 valence electrons. The van der Waals surface area contributed by atoms with Gasteiger partial charge in [-0.05, 0) is 56.6 Å². The van der Waals surface area contributed by atoms with Crippen LogP contribution in [0.5, 0.6) is 0 Å². The van der Waals surface area contributed by atoms with Crippen molar-refractivity contribution in [1.82, 2.24) is 4.90 Å². The third-order valence-corrected chi connectivity index (χ3v) is 4.19. The Bertz CT molecular complexity index is 419. The Morgan fingerprint density at radius 3 is 2.78 bits per heavy atom. The summed E-state index contributed by atoms with van der Waals surface area (Å²) in [4.78, 5) is 2.24. The van der Waals surface area contributed by atoms with Gasteiger partial charge in [0, 0.05) is 12.0 Å². The molecule has 2 rings (SSSR count). The lowest BCUT2D eigenvalue weighted by Crippen LogP contribution is -2.38. The van der Waals surface area contributed by atoms with Crippen molar-refractivity contribution in [3.8, 4) is 0 Å². The molecule has 1 aromatic rings. The van der Waals surface area contributed by atoms with Crippen LogP contribution in [0.3, 0.4) is 0 Å². The minimum atomic E-state index is -0.342. The van der Waals surface area contributed by atoms with Crippen molar-refractivity contribution in [2.75, 3.05) is 20.1 Å². The first-order valence-electron chi connectivity index (χ1n) is 6.71. The fourth-order valence-electron chi connectivity index (χ4n) is 3.12. The first-order chi connectivity index (χ1) is 8.57. The van der Waals surface area contributed by atoms with E-state index < -0.39 is 0 Å². The van der Waals surface area contributed by atoms with Crippen molar-refractivity contribution in [2.24, 2.45) is 0 Å². The molecule has 1 aliphatic heterocycles. The topological polar surface area (TPSA) is 3.24 Å². The molecule has 1 atom stereocenters. The number of likely N-dealkylation sites (N-methyl/N-ethyl adjacent to an activating group) is 1. The van der Waals surface area contributed by atoms with E-state index in [1.54, 1.807) is 0 Å². The average molecular weight is 252 g/mol. The maximum Gasteiger partial charge on any atom is 0.127 e. The predicted molar refractivity (Wildman–Crippen MR) is 69.7 cm³/mol. The zero-order chi connectivity index (χ0) is 13.2. The highest BCUT2D eigenvalue weighted by Gasteiger charge is 2.35. The average Bonchev–Trinajstić information content (AvgIpc) is 2.55. The second-order valence-corrected chi connectivity index (χ2v) is 5.45. The maximum absolute atomic E-state index is 14.1. The van der Waals surface area contributed by atoms with Gasteiger partial charge in [-0.25, -0.2) is 8.78 Å². The second-order valence-electron chi connectivity index (χ2n) is 5.45. The maximum atomic E-state index is 14.1. The van der Waals surface area contributed by atoms with E-state index in [4.69, 9.17) is 0 Å². The van der Waals surface area contributed by atoms with Crippen molar-refractivity contribution < 1.29 is 8.78 Å². The summed E-state index contributed by atoms with van der Waals surface area (Å²) in [6.07, 6.45) is 4.00. The van der Waals surface area contributed by atoms with Crippen molar-refractivity contribution in [2.45, 2.75) is 38.0 Å².